The molecule has 0 unspecified atom stereocenters. The van der Waals surface area contributed by atoms with Crippen LogP contribution in [0.25, 0.3) is 0 Å². The van der Waals surface area contributed by atoms with E-state index in [1.807, 2.05) is 0 Å². The Labute approximate surface area is 255 Å². The molecule has 0 aliphatic carbocycles. The number of rotatable bonds is 18. The van der Waals surface area contributed by atoms with Gasteiger partial charge in [0.05, 0.1) is 26.7 Å². The predicted molar refractivity (Wildman–Crippen MR) is 161 cm³/mol. The minimum Gasteiger partial charge on any atom is -0.508 e. The van der Waals surface area contributed by atoms with Gasteiger partial charge in [0, 0.05) is 19.5 Å². The molecule has 2 aromatic rings. The number of guanidine groups is 1. The van der Waals surface area contributed by atoms with E-state index in [1.54, 1.807) is 30.3 Å². The zero-order valence-corrected chi connectivity index (χ0v) is 24.7. The number of benzene rings is 2. The molecule has 0 spiro atoms. The molecule has 2 aromatic carbocycles. The largest absolute Gasteiger partial charge is 0.508 e. The van der Waals surface area contributed by atoms with Crippen LogP contribution in [0.2, 0.25) is 0 Å². The summed E-state index contributed by atoms with van der Waals surface area (Å²) in [6.07, 6.45) is 0.283. The van der Waals surface area contributed by atoms with Gasteiger partial charge >= 0.3 is 5.97 Å². The lowest BCUT2D eigenvalue weighted by atomic mass is 10.0. The number of hydrogen-bond donors (Lipinski definition) is 9. The van der Waals surface area contributed by atoms with Crippen LogP contribution in [0.15, 0.2) is 42.5 Å². The lowest BCUT2D eigenvalue weighted by Gasteiger charge is -2.25. The van der Waals surface area contributed by atoms with Crippen molar-refractivity contribution in [1.29, 1.82) is 5.41 Å². The first-order chi connectivity index (χ1) is 20.9. The van der Waals surface area contributed by atoms with Crippen LogP contribution in [0, 0.1) is 5.41 Å². The number of phenolic OH excluding ortho intramolecular Hbond substituents is 1. The summed E-state index contributed by atoms with van der Waals surface area (Å²) in [4.78, 5) is 50.6. The molecule has 0 aliphatic heterocycles. The smallest absolute Gasteiger partial charge is 0.305 e. The molecule has 3 amide bonds. The van der Waals surface area contributed by atoms with Gasteiger partial charge in [0.2, 0.25) is 17.7 Å². The summed E-state index contributed by atoms with van der Waals surface area (Å²) in [7, 11) is 2.94. The molecular weight excluding hydrogens is 574 g/mol. The van der Waals surface area contributed by atoms with Gasteiger partial charge in [-0.1, -0.05) is 18.2 Å². The Balaban J connectivity index is 2.24. The van der Waals surface area contributed by atoms with Crippen LogP contribution in [-0.2, 0) is 32.0 Å². The summed E-state index contributed by atoms with van der Waals surface area (Å²) >= 11 is 0. The standard InChI is InChI=1S/C29H41N7O8/c1-43-23-10-7-18(16-24(23)44-2)15-22(27(41)33-13-11-25(38)39)36-28(42)21(4-3-12-34-29(31)32)35-26(40)20(30)14-17-5-8-19(37)9-6-17/h5-10,16,20-22,37H,3-4,11-15,30H2,1-2H3,(H,33,41)(H,35,40)(H,36,42)(H,38,39)(H4,31,32,34)/t20-,21+,22-/m0/s1. The van der Waals surface area contributed by atoms with E-state index in [0.29, 0.717) is 29.0 Å². The molecule has 0 aromatic heterocycles. The van der Waals surface area contributed by atoms with Gasteiger partial charge in [0.15, 0.2) is 17.5 Å². The molecule has 0 saturated heterocycles. The Kier molecular flexibility index (Phi) is 14.2. The van der Waals surface area contributed by atoms with E-state index in [9.17, 15) is 24.3 Å². The van der Waals surface area contributed by atoms with E-state index in [2.05, 4.69) is 21.3 Å². The number of carboxylic acids is 1. The highest BCUT2D eigenvalue weighted by atomic mass is 16.5. The third-order valence-corrected chi connectivity index (χ3v) is 6.51. The second-order valence-corrected chi connectivity index (χ2v) is 9.91. The van der Waals surface area contributed by atoms with Gasteiger partial charge in [-0.05, 0) is 54.7 Å². The van der Waals surface area contributed by atoms with Crippen molar-refractivity contribution in [2.45, 2.75) is 50.2 Å². The lowest BCUT2D eigenvalue weighted by Crippen LogP contribution is -2.56. The maximum Gasteiger partial charge on any atom is 0.305 e. The fraction of sp³-hybridized carbons (Fsp3) is 0.414. The van der Waals surface area contributed by atoms with Crippen molar-refractivity contribution >= 4 is 29.7 Å². The normalized spacial score (nSPS) is 12.6. The van der Waals surface area contributed by atoms with E-state index < -0.39 is 41.8 Å². The van der Waals surface area contributed by atoms with Gasteiger partial charge < -0.3 is 52.4 Å². The zero-order chi connectivity index (χ0) is 32.6. The zero-order valence-electron chi connectivity index (χ0n) is 24.7. The summed E-state index contributed by atoms with van der Waals surface area (Å²) < 4.78 is 10.6. The number of phenols is 1. The van der Waals surface area contributed by atoms with Gasteiger partial charge in [-0.15, -0.1) is 0 Å². The number of nitrogens with one attached hydrogen (secondary N) is 5. The molecule has 3 atom stereocenters. The van der Waals surface area contributed by atoms with Gasteiger partial charge in [-0.3, -0.25) is 24.6 Å². The Hall–Kier alpha value is -5.05. The number of methoxy groups -OCH3 is 2. The molecule has 44 heavy (non-hydrogen) atoms. The number of hydrogen-bond acceptors (Lipinski definition) is 9. The number of nitrogens with two attached hydrogens (primary N) is 2. The van der Waals surface area contributed by atoms with Crippen molar-refractivity contribution in [1.82, 2.24) is 21.3 Å². The third-order valence-electron chi connectivity index (χ3n) is 6.51. The van der Waals surface area contributed by atoms with Crippen molar-refractivity contribution in [2.75, 3.05) is 27.3 Å². The first kappa shape index (κ1) is 35.1. The number of carboxylic acid groups (broad SMARTS) is 1. The highest BCUT2D eigenvalue weighted by molar-refractivity contribution is 5.93. The molecule has 15 heteroatoms. The highest BCUT2D eigenvalue weighted by Crippen LogP contribution is 2.28. The quantitative estimate of drug-likeness (QED) is 0.0578. The summed E-state index contributed by atoms with van der Waals surface area (Å²) in [6, 6.07) is 7.91. The van der Waals surface area contributed by atoms with Gasteiger partial charge in [0.25, 0.3) is 0 Å². The maximum absolute atomic E-state index is 13.5. The molecule has 0 heterocycles. The minimum absolute atomic E-state index is 0.0118. The number of aromatic hydroxyl groups is 1. The minimum atomic E-state index is -1.14. The van der Waals surface area contributed by atoms with Crippen molar-refractivity contribution < 1.29 is 38.9 Å². The van der Waals surface area contributed by atoms with Crippen LogP contribution in [0.4, 0.5) is 0 Å². The van der Waals surface area contributed by atoms with Crippen LogP contribution in [0.5, 0.6) is 17.2 Å². The molecule has 0 saturated carbocycles. The van der Waals surface area contributed by atoms with E-state index in [4.69, 9.17) is 31.5 Å². The third kappa shape index (κ3) is 12.1. The first-order valence-electron chi connectivity index (χ1n) is 13.9. The van der Waals surface area contributed by atoms with Crippen LogP contribution >= 0.6 is 0 Å². The Bertz CT molecular complexity index is 1290. The Morgan fingerprint density at radius 1 is 0.841 bits per heavy atom. The Morgan fingerprint density at radius 3 is 2.09 bits per heavy atom. The molecule has 240 valence electrons. The molecule has 15 nitrogen and oxygen atoms in total. The summed E-state index contributed by atoms with van der Waals surface area (Å²) in [5, 5.41) is 36.3. The lowest BCUT2D eigenvalue weighted by molar-refractivity contribution is -0.137. The van der Waals surface area contributed by atoms with E-state index >= 15 is 0 Å². The summed E-state index contributed by atoms with van der Waals surface area (Å²) in [5.74, 6) is -2.31. The van der Waals surface area contributed by atoms with Crippen LogP contribution in [0.3, 0.4) is 0 Å². The number of carbonyl (C=O) groups is 4. The molecule has 0 aliphatic rings. The molecule has 0 fully saturated rings. The average molecular weight is 616 g/mol. The average Bonchev–Trinajstić information content (AvgIpc) is 2.98. The van der Waals surface area contributed by atoms with Crippen LogP contribution in [-0.4, -0.2) is 85.3 Å². The number of carbonyl (C=O) groups excluding carboxylic acids is 3. The number of amides is 3. The maximum atomic E-state index is 13.5. The van der Waals surface area contributed by atoms with Gasteiger partial charge in [-0.2, -0.15) is 0 Å². The van der Waals surface area contributed by atoms with Crippen LogP contribution < -0.4 is 42.2 Å². The summed E-state index contributed by atoms with van der Waals surface area (Å²) in [6.45, 7) is 0.0920. The van der Waals surface area contributed by atoms with E-state index in [0.717, 1.165) is 0 Å². The van der Waals surface area contributed by atoms with Crippen molar-refractivity contribution in [2.24, 2.45) is 11.5 Å². The summed E-state index contributed by atoms with van der Waals surface area (Å²) in [5.41, 5.74) is 12.8. The van der Waals surface area contributed by atoms with Crippen molar-refractivity contribution in [3.8, 4) is 17.2 Å². The fourth-order valence-electron chi connectivity index (χ4n) is 4.20. The van der Waals surface area contributed by atoms with Crippen molar-refractivity contribution in [3.05, 3.63) is 53.6 Å². The Morgan fingerprint density at radius 2 is 1.48 bits per heavy atom. The molecular formula is C29H41N7O8. The fourth-order valence-corrected chi connectivity index (χ4v) is 4.20. The number of ether oxygens (including phenoxy) is 2. The molecule has 11 N–H and O–H groups in total. The molecule has 0 bridgehead atoms. The van der Waals surface area contributed by atoms with Gasteiger partial charge in [0.1, 0.15) is 17.8 Å². The van der Waals surface area contributed by atoms with Gasteiger partial charge in [-0.25, -0.2) is 0 Å². The number of aliphatic carboxylic acids is 1. The molecule has 2 rings (SSSR count). The topological polar surface area (TPSA) is 251 Å². The second kappa shape index (κ2) is 17.8. The van der Waals surface area contributed by atoms with E-state index in [1.165, 1.54) is 26.4 Å². The molecule has 0 radical (unpaired) electrons. The van der Waals surface area contributed by atoms with E-state index in [-0.39, 0.29) is 50.5 Å². The highest BCUT2D eigenvalue weighted by Gasteiger charge is 2.28. The van der Waals surface area contributed by atoms with Crippen molar-refractivity contribution in [3.63, 3.8) is 0 Å². The van der Waals surface area contributed by atoms with Crippen LogP contribution in [0.1, 0.15) is 30.4 Å². The SMILES string of the molecule is COc1ccc(C[C@H](NC(=O)[C@@H](CCCNC(=N)N)NC(=O)[C@@H](N)Cc2ccc(O)cc2)C(=O)NCCC(=O)O)cc1OC. The monoisotopic (exact) mass is 615 g/mol. The predicted octanol–water partition coefficient (Wildman–Crippen LogP) is -0.654. The first-order valence-corrected chi connectivity index (χ1v) is 13.9. The second-order valence-electron chi connectivity index (χ2n) is 9.91.